The standard InChI is InChI=1S/C24H26FNO3.C22H24FNO3.C22H22FNO3.C20H19FINO3.C12H14FNO2.C8H7IO2.C4H9BO2/c1-5-29-23(28)24(13-17-9-10-19(25)12-18(17)14-24)26-22(27)20-8-6-7-16(4)21(20)11-15(2)3;2*1-13(2)9-19-14(3)5-4-6-18(19)20(25)24-22(21(26)27)11-15-7-8-17(23)10-16(15)12-22;1-3-26-19(25)20(10-13-7-8-15(21)9-14(13)11-20)23-18(24)16-6-4-5-12(2)17(16)22;1-2-16-11(15)12(14)6-8-3-4-10(13)5-9(8)7-12;1-5-3-2-4-6(7(5)9)8(10)11;1-4(2)3-5(6)7/h6-12H,5,13-14H2,1-4H3,(H,26,27);4-8,10,13H,9,11-12H2,1-3H3,(H,24,25)(H,26,27);4-10H,11-12H2,1-3H3,(H,24,25)(H,26,27);4-9H,3,10-11H2,1-2H3,(H,23,24);3-5H,2,6-7,14H2,1H3;2-4H,1H3,(H,10,11);3,6-7H,1-2H3. The number of nitrogens with one attached hydrogen (secondary N) is 4. The molecule has 143 heavy (non-hydrogen) atoms. The van der Waals surface area contributed by atoms with Gasteiger partial charge in [-0.3, -0.25) is 24.0 Å². The number of aryl methyl sites for hydroxylation is 5. The van der Waals surface area contributed by atoms with E-state index in [0.717, 1.165) is 114 Å². The highest BCUT2D eigenvalue weighted by Gasteiger charge is 2.51. The zero-order chi connectivity index (χ0) is 106. The number of hydrogen-bond acceptors (Lipinski definition) is 16. The fourth-order valence-corrected chi connectivity index (χ4v) is 18.9. The Bertz CT molecular complexity index is 6590. The fraction of sp³-hybridized carbons (Fsp3) is 0.321. The number of aliphatic carboxylic acids is 2. The molecule has 754 valence electrons. The van der Waals surface area contributed by atoms with Gasteiger partial charge in [0.15, 0.2) is 0 Å². The van der Waals surface area contributed by atoms with Crippen LogP contribution in [0.5, 0.6) is 0 Å². The van der Waals surface area contributed by atoms with E-state index < -0.39 is 94.1 Å². The van der Waals surface area contributed by atoms with E-state index in [9.17, 15) is 80.1 Å². The number of rotatable bonds is 22. The molecular formula is C112H121BF5I2N5O18. The minimum Gasteiger partial charge on any atom is -0.479 e. The second-order valence-electron chi connectivity index (χ2n) is 37.5. The van der Waals surface area contributed by atoms with E-state index in [1.165, 1.54) is 66.6 Å². The van der Waals surface area contributed by atoms with Crippen LogP contribution >= 0.6 is 45.2 Å². The predicted molar refractivity (Wildman–Crippen MR) is 557 cm³/mol. The molecule has 0 aliphatic heterocycles. The van der Waals surface area contributed by atoms with Gasteiger partial charge in [-0.25, -0.2) is 45.9 Å². The number of ether oxygens (including phenoxy) is 3. The summed E-state index contributed by atoms with van der Waals surface area (Å²) in [7, 11) is -1.29. The van der Waals surface area contributed by atoms with Gasteiger partial charge < -0.3 is 66.6 Å². The summed E-state index contributed by atoms with van der Waals surface area (Å²) in [6.45, 7) is 31.1. The van der Waals surface area contributed by atoms with Crippen LogP contribution < -0.4 is 27.0 Å². The van der Waals surface area contributed by atoms with E-state index in [4.69, 9.17) is 35.1 Å². The summed E-state index contributed by atoms with van der Waals surface area (Å²) in [6.07, 6.45) is 6.77. The van der Waals surface area contributed by atoms with Crippen LogP contribution in [0.1, 0.15) is 228 Å². The number of benzene rings is 10. The van der Waals surface area contributed by atoms with Crippen molar-refractivity contribution >= 4 is 124 Å². The molecule has 15 rings (SSSR count). The Kier molecular flexibility index (Phi) is 39.7. The van der Waals surface area contributed by atoms with Crippen LogP contribution in [0.25, 0.3) is 12.2 Å². The average molecular weight is 2180 g/mol. The monoisotopic (exact) mass is 2180 g/mol. The summed E-state index contributed by atoms with van der Waals surface area (Å²) in [6, 6.07) is 49.0. The maximum atomic E-state index is 13.7. The summed E-state index contributed by atoms with van der Waals surface area (Å²) in [4.78, 5) is 124. The Morgan fingerprint density at radius 3 is 0.965 bits per heavy atom. The Labute approximate surface area is 858 Å². The summed E-state index contributed by atoms with van der Waals surface area (Å²) >= 11 is 4.16. The zero-order valence-corrected chi connectivity index (χ0v) is 87.2. The Morgan fingerprint density at radius 1 is 0.371 bits per heavy atom. The lowest BCUT2D eigenvalue weighted by Crippen LogP contribution is -2.56. The maximum Gasteiger partial charge on any atom is 0.480 e. The van der Waals surface area contributed by atoms with Gasteiger partial charge in [-0.15, -0.1) is 0 Å². The molecule has 0 saturated carbocycles. The summed E-state index contributed by atoms with van der Waals surface area (Å²) in [5.41, 5.74) is 20.0. The lowest BCUT2D eigenvalue weighted by Gasteiger charge is -2.28. The van der Waals surface area contributed by atoms with Gasteiger partial charge in [0.25, 0.3) is 23.6 Å². The second-order valence-corrected chi connectivity index (χ2v) is 39.6. The molecular weight excluding hydrogens is 2060 g/mol. The van der Waals surface area contributed by atoms with Crippen molar-refractivity contribution in [3.63, 3.8) is 0 Å². The number of carboxylic acids is 3. The van der Waals surface area contributed by atoms with Gasteiger partial charge in [-0.2, -0.15) is 0 Å². The van der Waals surface area contributed by atoms with Crippen LogP contribution in [0.2, 0.25) is 0 Å². The predicted octanol–water partition coefficient (Wildman–Crippen LogP) is 19.0. The smallest absolute Gasteiger partial charge is 0.479 e. The van der Waals surface area contributed by atoms with Crippen molar-refractivity contribution in [2.75, 3.05) is 19.8 Å². The van der Waals surface area contributed by atoms with Gasteiger partial charge in [0.1, 0.15) is 56.8 Å². The number of esters is 3. The van der Waals surface area contributed by atoms with Gasteiger partial charge in [0.2, 0.25) is 0 Å². The van der Waals surface area contributed by atoms with E-state index in [1.54, 1.807) is 113 Å². The molecule has 10 aromatic carbocycles. The molecule has 0 heterocycles. The molecule has 0 fully saturated rings. The molecule has 10 aromatic rings. The van der Waals surface area contributed by atoms with E-state index in [1.807, 2.05) is 140 Å². The second kappa shape index (κ2) is 49.9. The van der Waals surface area contributed by atoms with Crippen LogP contribution in [0.3, 0.4) is 0 Å². The van der Waals surface area contributed by atoms with Gasteiger partial charge in [0, 0.05) is 88.0 Å². The largest absolute Gasteiger partial charge is 0.480 e. The summed E-state index contributed by atoms with van der Waals surface area (Å²) < 4.78 is 84.4. The third-order valence-corrected chi connectivity index (χ3v) is 27.5. The van der Waals surface area contributed by atoms with Crippen LogP contribution in [0, 0.1) is 76.8 Å². The van der Waals surface area contributed by atoms with Gasteiger partial charge in [-0.1, -0.05) is 140 Å². The SMILES string of the molecule is CC(C)=CB(O)O.CC(C)=Cc1c(C)cccc1C(=O)NC1(C(=O)O)Cc2ccc(F)cc2C1.CCOC(=O)C1(N)Cc2ccc(F)cc2C1.CCOC(=O)C1(NC(=O)c2cccc(C)c2C=C(C)C)Cc2ccc(F)cc2C1.CCOC(=O)C1(NC(=O)c2cccc(C)c2I)Cc2ccc(F)cc2C1.Cc1cccc(C(=O)NC2(C(=O)O)Cc3ccc(F)cc3C2)c1CC(C)C.Cc1cccc(C(=O)O)c1I. The first-order valence-electron chi connectivity index (χ1n) is 46.6. The lowest BCUT2D eigenvalue weighted by molar-refractivity contribution is -0.151. The highest BCUT2D eigenvalue weighted by Crippen LogP contribution is 2.39. The van der Waals surface area contributed by atoms with Gasteiger partial charge in [-0.05, 0) is 346 Å². The molecule has 4 amide bonds. The number of carbonyl (C=O) groups is 10. The maximum absolute atomic E-state index is 13.7. The number of aromatic carboxylic acids is 1. The highest BCUT2D eigenvalue weighted by atomic mass is 127. The molecule has 0 radical (unpaired) electrons. The third kappa shape index (κ3) is 29.3. The Hall–Kier alpha value is -12.8. The van der Waals surface area contributed by atoms with E-state index in [0.29, 0.717) is 69.9 Å². The van der Waals surface area contributed by atoms with E-state index in [2.05, 4.69) is 57.7 Å². The molecule has 5 unspecified atom stereocenters. The van der Waals surface area contributed by atoms with Crippen LogP contribution in [0.15, 0.2) is 205 Å². The summed E-state index contributed by atoms with van der Waals surface area (Å²) in [5, 5.41) is 56.1. The number of nitrogens with two attached hydrogens (primary N) is 1. The van der Waals surface area contributed by atoms with Crippen molar-refractivity contribution < 1.29 is 109 Å². The van der Waals surface area contributed by atoms with Gasteiger partial charge >= 0.3 is 42.9 Å². The zero-order valence-electron chi connectivity index (χ0n) is 82.9. The third-order valence-electron chi connectivity index (χ3n) is 24.6. The molecule has 0 saturated heterocycles. The topological polar surface area (TPSA) is 374 Å². The molecule has 0 aromatic heterocycles. The lowest BCUT2D eigenvalue weighted by atomic mass is 9.89. The normalized spacial score (nSPS) is 17.4. The van der Waals surface area contributed by atoms with Crippen molar-refractivity contribution in [2.45, 2.75) is 209 Å². The first-order chi connectivity index (χ1) is 67.3. The minimum atomic E-state index is -1.47. The van der Waals surface area contributed by atoms with Crippen LogP contribution in [-0.2, 0) is 109 Å². The number of carbonyl (C=O) groups excluding carboxylic acids is 7. The van der Waals surface area contributed by atoms with Crippen molar-refractivity contribution in [2.24, 2.45) is 11.7 Å². The molecule has 0 spiro atoms. The summed E-state index contributed by atoms with van der Waals surface area (Å²) in [5.74, 6) is -6.12. The molecule has 23 nitrogen and oxygen atoms in total. The van der Waals surface area contributed by atoms with Gasteiger partial charge in [0.05, 0.1) is 30.9 Å². The molecule has 5 aliphatic carbocycles. The van der Waals surface area contributed by atoms with Crippen LogP contribution in [-0.4, -0.2) is 139 Å². The van der Waals surface area contributed by atoms with Crippen molar-refractivity contribution in [1.82, 2.24) is 21.3 Å². The number of allylic oxidation sites excluding steroid dienone is 3. The molecule has 5 aliphatic rings. The number of fused-ring (bicyclic) bond motifs is 5. The molecule has 0 bridgehead atoms. The Morgan fingerprint density at radius 2 is 0.643 bits per heavy atom. The highest BCUT2D eigenvalue weighted by molar-refractivity contribution is 14.1. The number of carboxylic acid groups (broad SMARTS) is 3. The number of hydrogen-bond donors (Lipinski definition) is 10. The molecule has 5 atom stereocenters. The molecule has 11 N–H and O–H groups in total. The first-order valence-corrected chi connectivity index (χ1v) is 48.8. The van der Waals surface area contributed by atoms with E-state index >= 15 is 0 Å². The minimum absolute atomic E-state index is 0.0605. The fourth-order valence-electron chi connectivity index (χ4n) is 17.7. The van der Waals surface area contributed by atoms with E-state index in [-0.39, 0.29) is 93.8 Å². The van der Waals surface area contributed by atoms with Crippen molar-refractivity contribution in [3.8, 4) is 0 Å². The van der Waals surface area contributed by atoms with Crippen molar-refractivity contribution in [1.29, 1.82) is 0 Å². The quantitative estimate of drug-likeness (QED) is 0.00990. The number of amides is 4. The first kappa shape index (κ1) is 114. The molecule has 31 heteroatoms. The average Bonchev–Trinajstić information content (AvgIpc) is 1.56. The Balaban J connectivity index is 0.000000192. The van der Waals surface area contributed by atoms with Crippen LogP contribution in [0.4, 0.5) is 22.0 Å². The van der Waals surface area contributed by atoms with Crippen molar-refractivity contribution in [3.05, 3.63) is 369 Å². The number of halogens is 7.